The van der Waals surface area contributed by atoms with Crippen molar-refractivity contribution in [2.75, 3.05) is 5.32 Å². The number of rotatable bonds is 5. The second-order valence-corrected chi connectivity index (χ2v) is 10.1. The summed E-state index contributed by atoms with van der Waals surface area (Å²) < 4.78 is 40.5. The molecule has 1 aliphatic carbocycles. The van der Waals surface area contributed by atoms with Gasteiger partial charge < -0.3 is 10.4 Å². The summed E-state index contributed by atoms with van der Waals surface area (Å²) in [6.45, 7) is 5.38. The van der Waals surface area contributed by atoms with Crippen molar-refractivity contribution < 1.29 is 23.1 Å². The molecule has 178 valence electrons. The molecule has 0 radical (unpaired) electrons. The first kappa shape index (κ1) is 23.7. The van der Waals surface area contributed by atoms with Crippen molar-refractivity contribution in [3.8, 4) is 0 Å². The maximum Gasteiger partial charge on any atom is 0.443 e. The van der Waals surface area contributed by atoms with Crippen LogP contribution in [0.25, 0.3) is 10.9 Å². The number of hydrogen-bond donors (Lipinski definition) is 2. The number of aliphatic hydroxyl groups is 1. The Morgan fingerprint density at radius 2 is 1.94 bits per heavy atom. The van der Waals surface area contributed by atoms with E-state index in [2.05, 4.69) is 17.2 Å². The lowest BCUT2D eigenvalue weighted by Crippen LogP contribution is -2.21. The molecule has 2 aromatic heterocycles. The van der Waals surface area contributed by atoms with E-state index in [1.54, 1.807) is 26.0 Å². The Labute approximate surface area is 193 Å². The van der Waals surface area contributed by atoms with Crippen molar-refractivity contribution in [1.82, 2.24) is 14.8 Å². The molecule has 1 amide bonds. The van der Waals surface area contributed by atoms with E-state index in [0.29, 0.717) is 34.1 Å². The molecule has 6 nitrogen and oxygen atoms in total. The normalized spacial score (nSPS) is 19.7. The van der Waals surface area contributed by atoms with Gasteiger partial charge in [-0.05, 0) is 57.6 Å². The molecular formula is C23H27F3N4O2S. The highest BCUT2D eigenvalue weighted by Crippen LogP contribution is 2.37. The largest absolute Gasteiger partial charge is 0.443 e. The van der Waals surface area contributed by atoms with Crippen LogP contribution in [0.4, 0.5) is 18.9 Å². The molecule has 10 heteroatoms. The Morgan fingerprint density at radius 3 is 2.52 bits per heavy atom. The van der Waals surface area contributed by atoms with E-state index in [1.807, 2.05) is 10.9 Å². The van der Waals surface area contributed by atoms with Crippen LogP contribution in [0.15, 0.2) is 23.7 Å². The zero-order chi connectivity index (χ0) is 24.0. The van der Waals surface area contributed by atoms with Gasteiger partial charge in [0, 0.05) is 28.2 Å². The van der Waals surface area contributed by atoms with Gasteiger partial charge in [-0.2, -0.15) is 18.3 Å². The van der Waals surface area contributed by atoms with Gasteiger partial charge in [0.2, 0.25) is 0 Å². The molecule has 1 saturated carbocycles. The van der Waals surface area contributed by atoms with E-state index >= 15 is 0 Å². The fourth-order valence-corrected chi connectivity index (χ4v) is 5.07. The maximum atomic E-state index is 12.9. The van der Waals surface area contributed by atoms with Crippen LogP contribution in [0.5, 0.6) is 0 Å². The van der Waals surface area contributed by atoms with E-state index in [-0.39, 0.29) is 5.69 Å². The minimum absolute atomic E-state index is 0.305. The summed E-state index contributed by atoms with van der Waals surface area (Å²) in [5.74, 6) is -0.00436. The van der Waals surface area contributed by atoms with E-state index in [0.717, 1.165) is 29.5 Å². The molecule has 1 fully saturated rings. The van der Waals surface area contributed by atoms with E-state index in [9.17, 15) is 23.1 Å². The molecule has 33 heavy (non-hydrogen) atoms. The van der Waals surface area contributed by atoms with Crippen LogP contribution in [0.1, 0.15) is 80.0 Å². The van der Waals surface area contributed by atoms with Gasteiger partial charge in [0.15, 0.2) is 5.01 Å². The number of alkyl halides is 3. The van der Waals surface area contributed by atoms with Crippen LogP contribution >= 0.6 is 11.3 Å². The van der Waals surface area contributed by atoms with Gasteiger partial charge in [-0.15, -0.1) is 11.3 Å². The number of thiazole rings is 1. The standard InChI is InChI=1S/C23H27F3N4O2S/c1-4-13-5-7-15(8-6-13)30-11-14-9-18(16(22(2,3)32)10-17(14)29-30)27-20(31)19-12-33-21(28-19)23(24,25)26/h9-13,15,32H,4-8H2,1-3H3,(H,27,31). The lowest BCUT2D eigenvalue weighted by Gasteiger charge is -2.27. The SMILES string of the molecule is CCC1CCC(n2cc3cc(NC(=O)c4csc(C(F)(F)F)n4)c(C(C)(C)O)cc3n2)CC1. The number of carbonyl (C=O) groups is 1. The number of halogens is 3. The van der Waals surface area contributed by atoms with Gasteiger partial charge in [0.25, 0.3) is 5.91 Å². The quantitative estimate of drug-likeness (QED) is 0.460. The van der Waals surface area contributed by atoms with Crippen LogP contribution in [-0.4, -0.2) is 25.8 Å². The smallest absolute Gasteiger partial charge is 0.386 e. The third-order valence-corrected chi connectivity index (χ3v) is 7.20. The molecule has 0 spiro atoms. The highest BCUT2D eigenvalue weighted by Gasteiger charge is 2.35. The summed E-state index contributed by atoms with van der Waals surface area (Å²) in [6.07, 6.45) is 2.96. The first-order chi connectivity index (χ1) is 15.5. The van der Waals surface area contributed by atoms with Crippen LogP contribution in [0.2, 0.25) is 0 Å². The van der Waals surface area contributed by atoms with Gasteiger partial charge in [-0.1, -0.05) is 13.3 Å². The van der Waals surface area contributed by atoms with Crippen molar-refractivity contribution in [3.63, 3.8) is 0 Å². The zero-order valence-electron chi connectivity index (χ0n) is 18.7. The molecule has 0 saturated heterocycles. The predicted octanol–water partition coefficient (Wildman–Crippen LogP) is 6.13. The minimum atomic E-state index is -4.61. The molecule has 2 heterocycles. The first-order valence-electron chi connectivity index (χ1n) is 11.1. The second kappa shape index (κ2) is 8.72. The summed E-state index contributed by atoms with van der Waals surface area (Å²) in [5.41, 5.74) is -0.197. The number of hydrogen-bond acceptors (Lipinski definition) is 5. The number of amides is 1. The highest BCUT2D eigenvalue weighted by molar-refractivity contribution is 7.10. The van der Waals surface area contributed by atoms with Gasteiger partial charge in [0.1, 0.15) is 5.69 Å². The van der Waals surface area contributed by atoms with Crippen LogP contribution in [-0.2, 0) is 11.8 Å². The van der Waals surface area contributed by atoms with Crippen molar-refractivity contribution in [3.05, 3.63) is 40.0 Å². The molecule has 2 N–H and O–H groups in total. The van der Waals surface area contributed by atoms with Gasteiger partial charge in [-0.25, -0.2) is 4.98 Å². The third-order valence-electron chi connectivity index (χ3n) is 6.32. The molecule has 1 aromatic carbocycles. The molecule has 4 rings (SSSR count). The van der Waals surface area contributed by atoms with E-state index < -0.39 is 22.7 Å². The minimum Gasteiger partial charge on any atom is -0.386 e. The Morgan fingerprint density at radius 1 is 1.24 bits per heavy atom. The summed E-state index contributed by atoms with van der Waals surface area (Å²) in [4.78, 5) is 16.1. The number of fused-ring (bicyclic) bond motifs is 1. The van der Waals surface area contributed by atoms with Crippen LogP contribution in [0, 0.1) is 5.92 Å². The van der Waals surface area contributed by atoms with Crippen LogP contribution < -0.4 is 5.32 Å². The molecule has 0 aliphatic heterocycles. The van der Waals surface area contributed by atoms with E-state index in [1.165, 1.54) is 19.3 Å². The topological polar surface area (TPSA) is 80.0 Å². The average molecular weight is 481 g/mol. The van der Waals surface area contributed by atoms with Crippen LogP contribution in [0.3, 0.4) is 0 Å². The first-order valence-corrected chi connectivity index (χ1v) is 11.9. The van der Waals surface area contributed by atoms with Gasteiger partial charge >= 0.3 is 6.18 Å². The van der Waals surface area contributed by atoms with Gasteiger partial charge in [0.05, 0.1) is 17.2 Å². The summed E-state index contributed by atoms with van der Waals surface area (Å²) in [6, 6.07) is 3.74. The molecule has 1 aliphatic rings. The molecule has 0 bridgehead atoms. The number of aromatic nitrogens is 3. The van der Waals surface area contributed by atoms with Crippen molar-refractivity contribution in [2.24, 2.45) is 5.92 Å². The lowest BCUT2D eigenvalue weighted by atomic mass is 9.85. The van der Waals surface area contributed by atoms with E-state index in [4.69, 9.17) is 5.10 Å². The zero-order valence-corrected chi connectivity index (χ0v) is 19.6. The Hall–Kier alpha value is -2.46. The Kier molecular flexibility index (Phi) is 6.26. The highest BCUT2D eigenvalue weighted by atomic mass is 32.1. The second-order valence-electron chi connectivity index (χ2n) is 9.20. The van der Waals surface area contributed by atoms with Crippen molar-refractivity contribution in [2.45, 2.75) is 70.7 Å². The summed E-state index contributed by atoms with van der Waals surface area (Å²) in [5, 5.41) is 18.8. The van der Waals surface area contributed by atoms with Crippen molar-refractivity contribution in [1.29, 1.82) is 0 Å². The molecular weight excluding hydrogens is 453 g/mol. The number of carbonyl (C=O) groups excluding carboxylic acids is 1. The number of benzene rings is 1. The Bertz CT molecular complexity index is 1150. The summed E-state index contributed by atoms with van der Waals surface area (Å²) in [7, 11) is 0. The third kappa shape index (κ3) is 5.06. The lowest BCUT2D eigenvalue weighted by molar-refractivity contribution is -0.137. The maximum absolute atomic E-state index is 12.9. The van der Waals surface area contributed by atoms with Crippen molar-refractivity contribution >= 4 is 33.8 Å². The monoisotopic (exact) mass is 480 g/mol. The summed E-state index contributed by atoms with van der Waals surface area (Å²) >= 11 is 0.369. The van der Waals surface area contributed by atoms with Gasteiger partial charge in [-0.3, -0.25) is 9.48 Å². The average Bonchev–Trinajstić information content (AvgIpc) is 3.39. The molecule has 0 atom stereocenters. The molecule has 0 unspecified atom stereocenters. The Balaban J connectivity index is 1.64. The fourth-order valence-electron chi connectivity index (χ4n) is 4.40. The fraction of sp³-hybridized carbons (Fsp3) is 0.522. The number of anilines is 1. The number of nitrogens with one attached hydrogen (secondary N) is 1. The predicted molar refractivity (Wildman–Crippen MR) is 121 cm³/mol. The molecule has 3 aromatic rings. The number of nitrogens with zero attached hydrogens (tertiary/aromatic N) is 3.